The van der Waals surface area contributed by atoms with Gasteiger partial charge >= 0.3 is 16.7 Å². The zero-order valence-corrected chi connectivity index (χ0v) is 4.90. The molecule has 0 spiro atoms. The van der Waals surface area contributed by atoms with Gasteiger partial charge in [-0.05, 0) is 0 Å². The van der Waals surface area contributed by atoms with Gasteiger partial charge in [0.2, 0.25) is 0 Å². The van der Waals surface area contributed by atoms with Gasteiger partial charge in [0.05, 0.1) is 6.54 Å². The summed E-state index contributed by atoms with van der Waals surface area (Å²) in [5.41, 5.74) is 0. The molecule has 1 rings (SSSR count). The molecule has 1 fully saturated rings. The number of carboxylic acid groups (broad SMARTS) is 1. The van der Waals surface area contributed by atoms with Crippen molar-refractivity contribution in [2.45, 2.75) is 0 Å². The lowest BCUT2D eigenvalue weighted by Gasteiger charge is -1.82. The van der Waals surface area contributed by atoms with Crippen molar-refractivity contribution >= 4 is 16.7 Å². The van der Waals surface area contributed by atoms with Gasteiger partial charge in [-0.1, -0.05) is 4.72 Å². The third kappa shape index (κ3) is 1.12. The Balaban J connectivity index is 2.35. The van der Waals surface area contributed by atoms with E-state index in [2.05, 4.69) is 4.72 Å². The Bertz CT molecular complexity index is 101. The van der Waals surface area contributed by atoms with E-state index in [1.54, 1.807) is 0 Å². The zero-order chi connectivity index (χ0) is 5.98. The highest BCUT2D eigenvalue weighted by Crippen LogP contribution is 2.00. The smallest absolute Gasteiger partial charge is 0.437 e. The first-order valence-corrected chi connectivity index (χ1v) is 3.29. The molecule has 0 aliphatic carbocycles. The second-order valence-corrected chi connectivity index (χ2v) is 2.66. The van der Waals surface area contributed by atoms with Gasteiger partial charge in [0.25, 0.3) is 0 Å². The Labute approximate surface area is 49.5 Å². The van der Waals surface area contributed by atoms with Crippen LogP contribution in [0.3, 0.4) is 0 Å². The van der Waals surface area contributed by atoms with Gasteiger partial charge in [0.1, 0.15) is 6.61 Å². The van der Waals surface area contributed by atoms with E-state index >= 15 is 0 Å². The van der Waals surface area contributed by atoms with Gasteiger partial charge in [-0.2, -0.15) is 4.79 Å². The summed E-state index contributed by atoms with van der Waals surface area (Å²) in [6, 6.07) is 0. The van der Waals surface area contributed by atoms with Crippen molar-refractivity contribution in [3.05, 3.63) is 0 Å². The van der Waals surface area contributed by atoms with Crippen LogP contribution in [0.15, 0.2) is 0 Å². The maximum absolute atomic E-state index is 10.0. The van der Waals surface area contributed by atoms with Crippen LogP contribution >= 0.6 is 0 Å². The molecule has 46 valence electrons. The highest BCUT2D eigenvalue weighted by molar-refractivity contribution is 8.04. The van der Waals surface area contributed by atoms with Crippen molar-refractivity contribution in [2.24, 2.45) is 0 Å². The lowest BCUT2D eigenvalue weighted by molar-refractivity contribution is 0.218. The molecule has 4 nitrogen and oxygen atoms in total. The van der Waals surface area contributed by atoms with E-state index in [1.807, 2.05) is 0 Å². The average Bonchev–Trinajstić information content (AvgIpc) is 2.12. The average molecular weight is 136 g/mol. The molecule has 1 heterocycles. The molecule has 0 aromatic heterocycles. The third-order valence-electron chi connectivity index (χ3n) is 0.695. The zero-order valence-electron chi connectivity index (χ0n) is 4.09. The largest absolute Gasteiger partial charge is 0.582 e. The van der Waals surface area contributed by atoms with Gasteiger partial charge in [0, 0.05) is 0 Å². The Morgan fingerprint density at radius 1 is 1.88 bits per heavy atom. The van der Waals surface area contributed by atoms with Gasteiger partial charge in [-0.3, -0.25) is 0 Å². The summed E-state index contributed by atoms with van der Waals surface area (Å²) in [7, 11) is 0. The molecule has 1 unspecified atom stereocenters. The van der Waals surface area contributed by atoms with Crippen molar-refractivity contribution < 1.29 is 14.1 Å². The SMILES string of the molecule is O=C(O)[S+]1NCCO1. The first-order valence-electron chi connectivity index (χ1n) is 2.14. The van der Waals surface area contributed by atoms with Crippen molar-refractivity contribution in [3.8, 4) is 0 Å². The highest BCUT2D eigenvalue weighted by atomic mass is 32.2. The lowest BCUT2D eigenvalue weighted by atomic mass is 10.8. The van der Waals surface area contributed by atoms with Crippen LogP contribution in [0.2, 0.25) is 0 Å². The Hall–Kier alpha value is -0.260. The molecule has 8 heavy (non-hydrogen) atoms. The summed E-state index contributed by atoms with van der Waals surface area (Å²) in [4.78, 5) is 10.0. The van der Waals surface area contributed by atoms with Crippen LogP contribution in [-0.2, 0) is 15.5 Å². The second-order valence-electron chi connectivity index (χ2n) is 1.25. The number of hydrogen-bond acceptors (Lipinski definition) is 3. The minimum absolute atomic E-state index is 0.509. The highest BCUT2D eigenvalue weighted by Gasteiger charge is 2.37. The number of carbonyl (C=O) groups is 1. The van der Waals surface area contributed by atoms with Crippen molar-refractivity contribution in [2.75, 3.05) is 13.2 Å². The molecular formula is C3H6NO3S+. The summed E-state index contributed by atoms with van der Waals surface area (Å²) < 4.78 is 7.39. The minimum atomic E-state index is -1.01. The van der Waals surface area contributed by atoms with E-state index in [1.165, 1.54) is 0 Å². The quantitative estimate of drug-likeness (QED) is 0.450. The summed E-state index contributed by atoms with van der Waals surface area (Å²) in [5.74, 6) is 0. The lowest BCUT2D eigenvalue weighted by Crippen LogP contribution is -2.23. The fourth-order valence-corrected chi connectivity index (χ4v) is 1.24. The van der Waals surface area contributed by atoms with Crippen molar-refractivity contribution in [1.29, 1.82) is 0 Å². The summed E-state index contributed by atoms with van der Waals surface area (Å²) in [6.07, 6.45) is 0. The molecule has 0 radical (unpaired) electrons. The predicted molar refractivity (Wildman–Crippen MR) is 29.3 cm³/mol. The van der Waals surface area contributed by atoms with Crippen LogP contribution in [0.5, 0.6) is 0 Å². The molecule has 0 saturated carbocycles. The van der Waals surface area contributed by atoms with Crippen LogP contribution in [0.25, 0.3) is 0 Å². The minimum Gasteiger partial charge on any atom is -0.437 e. The van der Waals surface area contributed by atoms with Gasteiger partial charge in [-0.15, -0.1) is 4.18 Å². The molecule has 1 aliphatic rings. The van der Waals surface area contributed by atoms with Crippen molar-refractivity contribution in [3.63, 3.8) is 0 Å². The van der Waals surface area contributed by atoms with E-state index < -0.39 is 16.7 Å². The van der Waals surface area contributed by atoms with E-state index in [-0.39, 0.29) is 0 Å². The third-order valence-corrected chi connectivity index (χ3v) is 1.88. The Morgan fingerprint density at radius 2 is 2.62 bits per heavy atom. The molecule has 2 N–H and O–H groups in total. The molecular weight excluding hydrogens is 130 g/mol. The molecule has 0 aromatic carbocycles. The molecule has 0 amide bonds. The standard InChI is InChI=1S/C3H5NO3S/c5-3(6)8-4-1-2-7-8/h4H,1-2H2/p+1. The summed E-state index contributed by atoms with van der Waals surface area (Å²) in [6.45, 7) is 1.16. The van der Waals surface area contributed by atoms with Crippen molar-refractivity contribution in [1.82, 2.24) is 4.72 Å². The summed E-state index contributed by atoms with van der Waals surface area (Å²) >= 11 is -1.01. The molecule has 0 bridgehead atoms. The van der Waals surface area contributed by atoms with E-state index in [4.69, 9.17) is 9.29 Å². The van der Waals surface area contributed by atoms with E-state index in [9.17, 15) is 4.79 Å². The van der Waals surface area contributed by atoms with Crippen LogP contribution < -0.4 is 4.72 Å². The molecule has 1 aliphatic heterocycles. The molecule has 0 aromatic rings. The Morgan fingerprint density at radius 3 is 2.88 bits per heavy atom. The Kier molecular flexibility index (Phi) is 1.72. The topological polar surface area (TPSA) is 58.6 Å². The fourth-order valence-electron chi connectivity index (χ4n) is 0.413. The van der Waals surface area contributed by atoms with Crippen LogP contribution in [0.1, 0.15) is 0 Å². The number of hydrogen-bond donors (Lipinski definition) is 2. The van der Waals surface area contributed by atoms with Gasteiger partial charge in [0.15, 0.2) is 0 Å². The normalized spacial score (nSPS) is 28.2. The first-order chi connectivity index (χ1) is 3.80. The first kappa shape index (κ1) is 5.87. The number of rotatable bonds is 0. The maximum Gasteiger partial charge on any atom is 0.582 e. The fraction of sp³-hybridized carbons (Fsp3) is 0.667. The van der Waals surface area contributed by atoms with Crippen LogP contribution in [0, 0.1) is 0 Å². The van der Waals surface area contributed by atoms with Gasteiger partial charge < -0.3 is 5.11 Å². The monoisotopic (exact) mass is 136 g/mol. The predicted octanol–water partition coefficient (Wildman–Crippen LogP) is -0.268. The molecule has 1 saturated heterocycles. The summed E-state index contributed by atoms with van der Waals surface area (Å²) in [5, 5.41) is 7.32. The molecule has 5 heteroatoms. The van der Waals surface area contributed by atoms with Crippen LogP contribution in [-0.4, -0.2) is 23.6 Å². The van der Waals surface area contributed by atoms with Gasteiger partial charge in [-0.25, -0.2) is 0 Å². The second kappa shape index (κ2) is 2.34. The van der Waals surface area contributed by atoms with E-state index in [0.717, 1.165) is 0 Å². The number of nitrogens with one attached hydrogen (secondary N) is 1. The van der Waals surface area contributed by atoms with E-state index in [0.29, 0.717) is 13.2 Å². The molecule has 1 atom stereocenters. The van der Waals surface area contributed by atoms with Crippen LogP contribution in [0.4, 0.5) is 4.79 Å². The maximum atomic E-state index is 10.0.